The van der Waals surface area contributed by atoms with E-state index in [1.807, 2.05) is 13.8 Å². The standard InChI is InChI=1S/C12H17N3O2/c1-12(2)8(9(12)11(16)17)10-14-13-7-5-3-4-6-15(7)10/h8-9H,3-6H2,1-2H3,(H,16,17). The maximum atomic E-state index is 11.2. The Balaban J connectivity index is 1.96. The summed E-state index contributed by atoms with van der Waals surface area (Å²) in [6.45, 7) is 4.94. The van der Waals surface area contributed by atoms with Crippen molar-refractivity contribution in [2.45, 2.75) is 45.6 Å². The predicted octanol–water partition coefficient (Wildman–Crippen LogP) is 1.44. The van der Waals surface area contributed by atoms with Crippen LogP contribution in [0.15, 0.2) is 0 Å². The van der Waals surface area contributed by atoms with Gasteiger partial charge in [-0.05, 0) is 18.3 Å². The number of hydrogen-bond donors (Lipinski definition) is 1. The molecule has 0 amide bonds. The molecule has 1 aliphatic heterocycles. The first-order valence-electron chi connectivity index (χ1n) is 6.18. The van der Waals surface area contributed by atoms with Gasteiger partial charge in [-0.3, -0.25) is 4.79 Å². The Morgan fingerprint density at radius 3 is 2.82 bits per heavy atom. The van der Waals surface area contributed by atoms with Gasteiger partial charge in [0.05, 0.1) is 5.92 Å². The van der Waals surface area contributed by atoms with E-state index in [0.717, 1.165) is 37.5 Å². The van der Waals surface area contributed by atoms with Crippen LogP contribution in [0.3, 0.4) is 0 Å². The first kappa shape index (κ1) is 10.7. The molecule has 0 aromatic carbocycles. The first-order valence-corrected chi connectivity index (χ1v) is 6.18. The highest BCUT2D eigenvalue weighted by Crippen LogP contribution is 2.64. The van der Waals surface area contributed by atoms with Crippen molar-refractivity contribution in [1.29, 1.82) is 0 Å². The van der Waals surface area contributed by atoms with Crippen LogP contribution in [0, 0.1) is 11.3 Å². The Bertz CT molecular complexity index is 478. The fraction of sp³-hybridized carbons (Fsp3) is 0.750. The second-order valence-corrected chi connectivity index (χ2v) is 5.70. The number of aryl methyl sites for hydroxylation is 1. The maximum absolute atomic E-state index is 11.2. The lowest BCUT2D eigenvalue weighted by Gasteiger charge is -2.15. The number of carboxylic acids is 1. The minimum absolute atomic E-state index is 0.0272. The number of aliphatic carboxylic acids is 1. The van der Waals surface area contributed by atoms with Crippen LogP contribution in [-0.2, 0) is 17.8 Å². The van der Waals surface area contributed by atoms with Crippen LogP contribution in [0.1, 0.15) is 44.3 Å². The Hall–Kier alpha value is -1.39. The summed E-state index contributed by atoms with van der Waals surface area (Å²) < 4.78 is 2.14. The van der Waals surface area contributed by atoms with Crippen LogP contribution in [0.2, 0.25) is 0 Å². The number of carboxylic acid groups (broad SMARTS) is 1. The van der Waals surface area contributed by atoms with E-state index in [1.54, 1.807) is 0 Å². The lowest BCUT2D eigenvalue weighted by Crippen LogP contribution is -2.13. The summed E-state index contributed by atoms with van der Waals surface area (Å²) in [5.74, 6) is 0.917. The van der Waals surface area contributed by atoms with Gasteiger partial charge in [0.2, 0.25) is 0 Å². The summed E-state index contributed by atoms with van der Waals surface area (Å²) >= 11 is 0. The van der Waals surface area contributed by atoms with Crippen molar-refractivity contribution in [2.24, 2.45) is 11.3 Å². The van der Waals surface area contributed by atoms with Crippen LogP contribution in [0.5, 0.6) is 0 Å². The molecule has 5 nitrogen and oxygen atoms in total. The Morgan fingerprint density at radius 2 is 2.18 bits per heavy atom. The zero-order valence-corrected chi connectivity index (χ0v) is 10.2. The second-order valence-electron chi connectivity index (χ2n) is 5.70. The van der Waals surface area contributed by atoms with Gasteiger partial charge in [-0.2, -0.15) is 0 Å². The van der Waals surface area contributed by atoms with Gasteiger partial charge in [0, 0.05) is 18.9 Å². The zero-order chi connectivity index (χ0) is 12.2. The molecule has 2 aliphatic rings. The summed E-state index contributed by atoms with van der Waals surface area (Å²) in [4.78, 5) is 11.2. The minimum Gasteiger partial charge on any atom is -0.481 e. The number of fused-ring (bicyclic) bond motifs is 1. The van der Waals surface area contributed by atoms with E-state index in [0.29, 0.717) is 0 Å². The molecule has 0 radical (unpaired) electrons. The normalized spacial score (nSPS) is 29.8. The van der Waals surface area contributed by atoms with E-state index >= 15 is 0 Å². The third kappa shape index (κ3) is 1.41. The minimum atomic E-state index is -0.715. The van der Waals surface area contributed by atoms with Crippen molar-refractivity contribution in [1.82, 2.24) is 14.8 Å². The van der Waals surface area contributed by atoms with Gasteiger partial charge in [-0.15, -0.1) is 10.2 Å². The molecule has 3 rings (SSSR count). The van der Waals surface area contributed by atoms with Crippen LogP contribution in [0.4, 0.5) is 0 Å². The molecule has 0 saturated heterocycles. The molecule has 1 fully saturated rings. The van der Waals surface area contributed by atoms with Crippen LogP contribution < -0.4 is 0 Å². The van der Waals surface area contributed by atoms with Gasteiger partial charge in [-0.25, -0.2) is 0 Å². The van der Waals surface area contributed by atoms with Gasteiger partial charge >= 0.3 is 5.97 Å². The molecule has 1 aromatic rings. The smallest absolute Gasteiger partial charge is 0.307 e. The summed E-state index contributed by atoms with van der Waals surface area (Å²) in [7, 11) is 0. The first-order chi connectivity index (χ1) is 8.03. The maximum Gasteiger partial charge on any atom is 0.307 e. The molecule has 2 heterocycles. The highest BCUT2D eigenvalue weighted by atomic mass is 16.4. The highest BCUT2D eigenvalue weighted by Gasteiger charge is 2.65. The predicted molar refractivity (Wildman–Crippen MR) is 60.6 cm³/mol. The summed E-state index contributed by atoms with van der Waals surface area (Å²) in [6.07, 6.45) is 3.27. The van der Waals surface area contributed by atoms with Crippen molar-refractivity contribution in [2.75, 3.05) is 0 Å². The van der Waals surface area contributed by atoms with Crippen LogP contribution in [-0.4, -0.2) is 25.8 Å². The average molecular weight is 235 g/mol. The third-order valence-electron chi connectivity index (χ3n) is 4.26. The molecule has 2 atom stereocenters. The Labute approximate surface area is 99.9 Å². The Kier molecular flexibility index (Phi) is 2.09. The van der Waals surface area contributed by atoms with Crippen molar-refractivity contribution < 1.29 is 9.90 Å². The molecule has 0 spiro atoms. The monoisotopic (exact) mass is 235 g/mol. The van der Waals surface area contributed by atoms with E-state index in [-0.39, 0.29) is 17.3 Å². The SMILES string of the molecule is CC1(C)C(C(=O)O)C1c1nnc2n1CCCC2. The number of hydrogen-bond acceptors (Lipinski definition) is 3. The van der Waals surface area contributed by atoms with E-state index in [4.69, 9.17) is 0 Å². The number of nitrogens with zero attached hydrogens (tertiary/aromatic N) is 3. The highest BCUT2D eigenvalue weighted by molar-refractivity contribution is 5.77. The summed E-state index contributed by atoms with van der Waals surface area (Å²) in [5, 5.41) is 17.6. The largest absolute Gasteiger partial charge is 0.481 e. The van der Waals surface area contributed by atoms with Gasteiger partial charge < -0.3 is 9.67 Å². The molecule has 1 aliphatic carbocycles. The fourth-order valence-corrected chi connectivity index (χ4v) is 3.14. The quantitative estimate of drug-likeness (QED) is 0.842. The molecular formula is C12H17N3O2. The lowest BCUT2D eigenvalue weighted by atomic mass is 10.1. The number of carbonyl (C=O) groups is 1. The number of aromatic nitrogens is 3. The van der Waals surface area contributed by atoms with Crippen LogP contribution in [0.25, 0.3) is 0 Å². The van der Waals surface area contributed by atoms with E-state index in [2.05, 4.69) is 14.8 Å². The van der Waals surface area contributed by atoms with Crippen molar-refractivity contribution >= 4 is 5.97 Å². The summed E-state index contributed by atoms with van der Waals surface area (Å²) in [5.41, 5.74) is -0.187. The lowest BCUT2D eigenvalue weighted by molar-refractivity contribution is -0.139. The van der Waals surface area contributed by atoms with E-state index in [9.17, 15) is 9.90 Å². The molecular weight excluding hydrogens is 218 g/mol. The average Bonchev–Trinajstić information content (AvgIpc) is 2.68. The summed E-state index contributed by atoms with van der Waals surface area (Å²) in [6, 6.07) is 0. The van der Waals surface area contributed by atoms with Crippen LogP contribution >= 0.6 is 0 Å². The number of rotatable bonds is 2. The molecule has 2 unspecified atom stereocenters. The van der Waals surface area contributed by atoms with Crippen molar-refractivity contribution in [3.05, 3.63) is 11.6 Å². The molecule has 1 N–H and O–H groups in total. The third-order valence-corrected chi connectivity index (χ3v) is 4.26. The molecule has 1 saturated carbocycles. The van der Waals surface area contributed by atoms with Crippen molar-refractivity contribution in [3.63, 3.8) is 0 Å². The van der Waals surface area contributed by atoms with Gasteiger partial charge in [0.25, 0.3) is 0 Å². The fourth-order valence-electron chi connectivity index (χ4n) is 3.14. The van der Waals surface area contributed by atoms with Gasteiger partial charge in [-0.1, -0.05) is 13.8 Å². The molecule has 92 valence electrons. The second kappa shape index (κ2) is 3.31. The molecule has 1 aromatic heterocycles. The molecule has 0 bridgehead atoms. The molecule has 5 heteroatoms. The Morgan fingerprint density at radius 1 is 1.41 bits per heavy atom. The van der Waals surface area contributed by atoms with E-state index < -0.39 is 5.97 Å². The zero-order valence-electron chi connectivity index (χ0n) is 10.2. The van der Waals surface area contributed by atoms with Gasteiger partial charge in [0.15, 0.2) is 0 Å². The van der Waals surface area contributed by atoms with E-state index in [1.165, 1.54) is 0 Å². The molecule has 17 heavy (non-hydrogen) atoms. The topological polar surface area (TPSA) is 68.0 Å². The van der Waals surface area contributed by atoms with Crippen molar-refractivity contribution in [3.8, 4) is 0 Å². The van der Waals surface area contributed by atoms with Gasteiger partial charge in [0.1, 0.15) is 11.6 Å².